The topological polar surface area (TPSA) is 104 Å². The number of rotatable bonds is 7. The highest BCUT2D eigenvalue weighted by molar-refractivity contribution is 6.04. The number of nitrogens with one attached hydrogen (secondary N) is 2. The number of aromatic nitrogens is 3. The van der Waals surface area contributed by atoms with Crippen molar-refractivity contribution < 1.29 is 4.42 Å². The summed E-state index contributed by atoms with van der Waals surface area (Å²) in [5, 5.41) is 6.62. The summed E-state index contributed by atoms with van der Waals surface area (Å²) in [4.78, 5) is 25.2. The van der Waals surface area contributed by atoms with E-state index in [0.717, 1.165) is 59.9 Å². The molecule has 0 atom stereocenters. The van der Waals surface area contributed by atoms with Gasteiger partial charge in [-0.25, -0.2) is 4.98 Å². The Labute approximate surface area is 209 Å². The summed E-state index contributed by atoms with van der Waals surface area (Å²) < 4.78 is 5.79. The molecule has 0 unspecified atom stereocenters. The number of para-hydroxylation sites is 2. The predicted molar refractivity (Wildman–Crippen MR) is 142 cm³/mol. The van der Waals surface area contributed by atoms with Gasteiger partial charge in [-0.2, -0.15) is 4.98 Å². The number of benzene rings is 1. The summed E-state index contributed by atoms with van der Waals surface area (Å²) >= 11 is 0. The second-order valence-corrected chi connectivity index (χ2v) is 9.09. The van der Waals surface area contributed by atoms with Gasteiger partial charge < -0.3 is 14.6 Å². The number of fused-ring (bicyclic) bond motifs is 1. The van der Waals surface area contributed by atoms with Crippen LogP contribution in [0.2, 0.25) is 0 Å². The van der Waals surface area contributed by atoms with Crippen LogP contribution in [0.3, 0.4) is 0 Å². The van der Waals surface area contributed by atoms with E-state index in [9.17, 15) is 0 Å². The minimum Gasteiger partial charge on any atom is -0.423 e. The normalized spacial score (nSPS) is 16.3. The van der Waals surface area contributed by atoms with Crippen LogP contribution < -0.4 is 10.6 Å². The Hall–Kier alpha value is -4.11. The Morgan fingerprint density at radius 3 is 2.83 bits per heavy atom. The minimum atomic E-state index is 0.415. The molecule has 1 aliphatic carbocycles. The molecule has 1 saturated carbocycles. The van der Waals surface area contributed by atoms with Crippen molar-refractivity contribution in [2.45, 2.75) is 25.3 Å². The third kappa shape index (κ3) is 4.70. The minimum absolute atomic E-state index is 0.415. The van der Waals surface area contributed by atoms with E-state index < -0.39 is 0 Å². The van der Waals surface area contributed by atoms with Gasteiger partial charge in [0.25, 0.3) is 0 Å². The molecule has 2 N–H and O–H groups in total. The summed E-state index contributed by atoms with van der Waals surface area (Å²) in [5.74, 6) is 2.15. The van der Waals surface area contributed by atoms with Crippen LogP contribution in [0, 0.1) is 0 Å². The zero-order chi connectivity index (χ0) is 24.3. The molecule has 182 valence electrons. The molecule has 6 rings (SSSR count). The summed E-state index contributed by atoms with van der Waals surface area (Å²) in [6, 6.07) is 12.1. The van der Waals surface area contributed by atoms with Gasteiger partial charge in [-0.3, -0.25) is 20.3 Å². The molecule has 36 heavy (non-hydrogen) atoms. The van der Waals surface area contributed by atoms with E-state index in [2.05, 4.69) is 42.2 Å². The fourth-order valence-corrected chi connectivity index (χ4v) is 4.59. The van der Waals surface area contributed by atoms with E-state index in [1.54, 1.807) is 12.4 Å². The van der Waals surface area contributed by atoms with Crippen molar-refractivity contribution >= 4 is 41.2 Å². The van der Waals surface area contributed by atoms with Crippen molar-refractivity contribution in [3.05, 3.63) is 71.7 Å². The highest BCUT2D eigenvalue weighted by Crippen LogP contribution is 2.43. The van der Waals surface area contributed by atoms with Gasteiger partial charge in [0.15, 0.2) is 5.58 Å². The van der Waals surface area contributed by atoms with Crippen LogP contribution in [0.1, 0.15) is 35.4 Å². The van der Waals surface area contributed by atoms with Gasteiger partial charge in [0.2, 0.25) is 0 Å². The van der Waals surface area contributed by atoms with E-state index in [-0.39, 0.29) is 0 Å². The number of oxazole rings is 1. The number of nitrogens with zero attached hydrogens (tertiary/aromatic N) is 6. The first-order valence-electron chi connectivity index (χ1n) is 12.3. The van der Waals surface area contributed by atoms with E-state index in [4.69, 9.17) is 9.41 Å². The standard InChI is InChI=1S/C27H28N8O/c1-28-22-17-30-16-20(19-6-7-19)25(22)26(35-12-10-29-11-13-35)32-15-18-8-9-31-24(14-18)34-27-33-21-4-2-3-5-23(21)36-27/h2-5,8-9,14,16-17,19,29H,1,6-7,10-13,15H2,(H,31,33,34). The maximum absolute atomic E-state index is 5.79. The highest BCUT2D eigenvalue weighted by atomic mass is 16.4. The fourth-order valence-electron chi connectivity index (χ4n) is 4.59. The summed E-state index contributed by atoms with van der Waals surface area (Å²) in [5.41, 5.74) is 5.67. The molecule has 1 aromatic carbocycles. The van der Waals surface area contributed by atoms with Crippen LogP contribution >= 0.6 is 0 Å². The van der Waals surface area contributed by atoms with E-state index >= 15 is 0 Å². The second kappa shape index (κ2) is 9.87. The number of hydrogen-bond acceptors (Lipinski definition) is 8. The van der Waals surface area contributed by atoms with Gasteiger partial charge in [-0.15, -0.1) is 0 Å². The summed E-state index contributed by atoms with van der Waals surface area (Å²) in [7, 11) is 0. The molecule has 4 heterocycles. The van der Waals surface area contributed by atoms with Crippen LogP contribution in [0.4, 0.5) is 17.5 Å². The van der Waals surface area contributed by atoms with E-state index in [1.807, 2.05) is 42.6 Å². The fraction of sp³-hybridized carbons (Fsp3) is 0.296. The van der Waals surface area contributed by atoms with Gasteiger partial charge in [-0.05, 0) is 60.9 Å². The average molecular weight is 481 g/mol. The number of anilines is 2. The van der Waals surface area contributed by atoms with Crippen molar-refractivity contribution in [1.82, 2.24) is 25.2 Å². The van der Waals surface area contributed by atoms with Gasteiger partial charge in [0, 0.05) is 44.1 Å². The molecular formula is C27H28N8O. The molecule has 9 nitrogen and oxygen atoms in total. The SMILES string of the molecule is C=Nc1cncc(C2CC2)c1C(=NCc1ccnc(Nc2nc3ccccc3o2)c1)N1CCNCC1. The van der Waals surface area contributed by atoms with Crippen LogP contribution in [0.5, 0.6) is 0 Å². The van der Waals surface area contributed by atoms with E-state index in [0.29, 0.717) is 24.3 Å². The number of pyridine rings is 2. The van der Waals surface area contributed by atoms with E-state index in [1.165, 1.54) is 18.4 Å². The van der Waals surface area contributed by atoms with Crippen LogP contribution in [0.25, 0.3) is 11.1 Å². The third-order valence-electron chi connectivity index (χ3n) is 6.55. The first kappa shape index (κ1) is 22.4. The molecule has 1 saturated heterocycles. The molecule has 2 fully saturated rings. The Bertz CT molecular complexity index is 1390. The van der Waals surface area contributed by atoms with Crippen molar-refractivity contribution in [2.24, 2.45) is 9.98 Å². The Morgan fingerprint density at radius 2 is 2.03 bits per heavy atom. The average Bonchev–Trinajstić information content (AvgIpc) is 3.69. The molecule has 0 amide bonds. The molecule has 9 heteroatoms. The van der Waals surface area contributed by atoms with Crippen molar-refractivity contribution in [3.8, 4) is 0 Å². The Kier molecular flexibility index (Phi) is 6.13. The molecular weight excluding hydrogens is 452 g/mol. The summed E-state index contributed by atoms with van der Waals surface area (Å²) in [6.07, 6.45) is 7.91. The van der Waals surface area contributed by atoms with Crippen LogP contribution in [-0.4, -0.2) is 58.6 Å². The molecule has 4 aromatic rings. The molecule has 0 spiro atoms. The maximum Gasteiger partial charge on any atom is 0.301 e. The largest absolute Gasteiger partial charge is 0.423 e. The van der Waals surface area contributed by atoms with Crippen LogP contribution in [-0.2, 0) is 6.54 Å². The lowest BCUT2D eigenvalue weighted by Gasteiger charge is -2.32. The highest BCUT2D eigenvalue weighted by Gasteiger charge is 2.31. The lowest BCUT2D eigenvalue weighted by atomic mass is 10.0. The van der Waals surface area contributed by atoms with Crippen molar-refractivity contribution in [1.29, 1.82) is 0 Å². The van der Waals surface area contributed by atoms with Crippen LogP contribution in [0.15, 0.2) is 69.4 Å². The quantitative estimate of drug-likeness (QED) is 0.298. The molecule has 3 aromatic heterocycles. The number of amidine groups is 1. The first-order chi connectivity index (χ1) is 17.8. The molecule has 0 bridgehead atoms. The second-order valence-electron chi connectivity index (χ2n) is 9.09. The lowest BCUT2D eigenvalue weighted by Crippen LogP contribution is -2.47. The smallest absolute Gasteiger partial charge is 0.301 e. The van der Waals surface area contributed by atoms with Gasteiger partial charge >= 0.3 is 6.01 Å². The number of piperazine rings is 1. The zero-order valence-corrected chi connectivity index (χ0v) is 20.0. The number of hydrogen-bond donors (Lipinski definition) is 2. The third-order valence-corrected chi connectivity index (χ3v) is 6.55. The predicted octanol–water partition coefficient (Wildman–Crippen LogP) is 4.42. The molecule has 0 radical (unpaired) electrons. The molecule has 1 aliphatic heterocycles. The zero-order valence-electron chi connectivity index (χ0n) is 20.0. The van der Waals surface area contributed by atoms with Crippen molar-refractivity contribution in [3.63, 3.8) is 0 Å². The summed E-state index contributed by atoms with van der Waals surface area (Å²) in [6.45, 7) is 7.96. The Morgan fingerprint density at radius 1 is 1.17 bits per heavy atom. The first-order valence-corrected chi connectivity index (χ1v) is 12.3. The monoisotopic (exact) mass is 480 g/mol. The van der Waals surface area contributed by atoms with Gasteiger partial charge in [0.1, 0.15) is 17.2 Å². The molecule has 2 aliphatic rings. The Balaban J connectivity index is 1.30. The van der Waals surface area contributed by atoms with Gasteiger partial charge in [0.05, 0.1) is 18.4 Å². The number of aliphatic imine (C=N–C) groups is 2. The lowest BCUT2D eigenvalue weighted by molar-refractivity contribution is 0.357. The maximum atomic E-state index is 5.79. The van der Waals surface area contributed by atoms with Crippen molar-refractivity contribution in [2.75, 3.05) is 31.5 Å². The van der Waals surface area contributed by atoms with Gasteiger partial charge in [-0.1, -0.05) is 12.1 Å².